The van der Waals surface area contributed by atoms with Gasteiger partial charge < -0.3 is 10.2 Å². The smallest absolute Gasteiger partial charge is 0.271 e. The van der Waals surface area contributed by atoms with Crippen LogP contribution in [-0.4, -0.2) is 22.3 Å². The quantitative estimate of drug-likeness (QED) is 0.445. The number of nitrogens with one attached hydrogen (secondary N) is 1. The Morgan fingerprint density at radius 2 is 1.86 bits per heavy atom. The molecule has 1 amide bonds. The van der Waals surface area contributed by atoms with E-state index in [9.17, 15) is 15.0 Å². The van der Waals surface area contributed by atoms with Crippen molar-refractivity contribution in [3.63, 3.8) is 0 Å². The average molecular weight is 493 g/mol. The third-order valence-corrected chi connectivity index (χ3v) is 4.71. The van der Waals surface area contributed by atoms with E-state index >= 15 is 0 Å². The zero-order valence-corrected chi connectivity index (χ0v) is 15.6. The van der Waals surface area contributed by atoms with Gasteiger partial charge in [-0.15, -0.1) is 0 Å². The van der Waals surface area contributed by atoms with Gasteiger partial charge in [-0.3, -0.25) is 4.79 Å². The van der Waals surface area contributed by atoms with Crippen LogP contribution in [0.4, 0.5) is 0 Å². The summed E-state index contributed by atoms with van der Waals surface area (Å²) in [7, 11) is 0. The first kappa shape index (κ1) is 17.0. The molecule has 22 heavy (non-hydrogen) atoms. The molecule has 3 N–H and O–H groups in total. The molecule has 8 heteroatoms. The molecule has 0 atom stereocenters. The maximum Gasteiger partial charge on any atom is 0.271 e. The van der Waals surface area contributed by atoms with Crippen molar-refractivity contribution in [3.8, 4) is 11.5 Å². The summed E-state index contributed by atoms with van der Waals surface area (Å²) in [6, 6.07) is 7.59. The Bertz CT molecular complexity index is 763. The van der Waals surface area contributed by atoms with E-state index in [4.69, 9.17) is 0 Å². The van der Waals surface area contributed by atoms with E-state index in [1.54, 1.807) is 18.2 Å². The number of carbonyl (C=O) groups is 1. The Balaban J connectivity index is 2.17. The number of rotatable bonds is 3. The largest absolute Gasteiger partial charge is 0.508 e. The van der Waals surface area contributed by atoms with Crippen molar-refractivity contribution in [2.24, 2.45) is 5.10 Å². The third-order valence-electron chi connectivity index (χ3n) is 2.65. The number of halogens is 3. The summed E-state index contributed by atoms with van der Waals surface area (Å²) in [5.74, 6) is -0.426. The Morgan fingerprint density at radius 1 is 1.14 bits per heavy atom. The minimum atomic E-state index is -0.458. The van der Waals surface area contributed by atoms with Gasteiger partial charge in [-0.1, -0.05) is 22.0 Å². The van der Waals surface area contributed by atoms with Crippen LogP contribution in [0.3, 0.4) is 0 Å². The SMILES string of the molecule is O=C(N/N=C/c1c(Br)cc(Br)c(O)c1Br)c1cccc(O)c1. The van der Waals surface area contributed by atoms with Crippen LogP contribution in [0.5, 0.6) is 11.5 Å². The minimum Gasteiger partial charge on any atom is -0.508 e. The van der Waals surface area contributed by atoms with Gasteiger partial charge in [-0.05, 0) is 56.1 Å². The minimum absolute atomic E-state index is 0.0000459. The van der Waals surface area contributed by atoms with Crippen molar-refractivity contribution in [2.75, 3.05) is 0 Å². The van der Waals surface area contributed by atoms with Crippen LogP contribution in [0.1, 0.15) is 15.9 Å². The molecule has 0 fully saturated rings. The van der Waals surface area contributed by atoms with Gasteiger partial charge in [-0.25, -0.2) is 5.43 Å². The summed E-state index contributed by atoms with van der Waals surface area (Å²) >= 11 is 9.81. The number of hydrogen-bond donors (Lipinski definition) is 3. The lowest BCUT2D eigenvalue weighted by atomic mass is 10.2. The Morgan fingerprint density at radius 3 is 2.55 bits per heavy atom. The lowest BCUT2D eigenvalue weighted by Crippen LogP contribution is -2.17. The molecule has 0 saturated heterocycles. The molecule has 2 aromatic carbocycles. The highest BCUT2D eigenvalue weighted by molar-refractivity contribution is 9.11. The summed E-state index contributed by atoms with van der Waals surface area (Å²) in [6.07, 6.45) is 1.39. The molecule has 0 saturated carbocycles. The van der Waals surface area contributed by atoms with Crippen LogP contribution in [0.25, 0.3) is 0 Å². The first-order valence-electron chi connectivity index (χ1n) is 5.89. The molecule has 0 aromatic heterocycles. The van der Waals surface area contributed by atoms with Gasteiger partial charge in [0.1, 0.15) is 11.5 Å². The van der Waals surface area contributed by atoms with Crippen LogP contribution in [-0.2, 0) is 0 Å². The Kier molecular flexibility index (Phi) is 5.60. The molecule has 0 spiro atoms. The summed E-state index contributed by atoms with van der Waals surface area (Å²) < 4.78 is 1.63. The van der Waals surface area contributed by atoms with Crippen LogP contribution < -0.4 is 5.43 Å². The fourth-order valence-corrected chi connectivity index (χ4v) is 3.91. The summed E-state index contributed by atoms with van der Waals surface area (Å²) in [6.45, 7) is 0. The standard InChI is InChI=1S/C14H9Br3N2O3/c15-10-5-11(16)13(21)12(17)9(10)6-18-19-14(22)7-2-1-3-8(20)4-7/h1-6,20-21H,(H,19,22)/b18-6+. The van der Waals surface area contributed by atoms with Crippen molar-refractivity contribution in [3.05, 3.63) is 54.9 Å². The van der Waals surface area contributed by atoms with Crippen LogP contribution >= 0.6 is 47.8 Å². The predicted octanol–water partition coefficient (Wildman–Crippen LogP) is 4.15. The van der Waals surface area contributed by atoms with Gasteiger partial charge in [0.15, 0.2) is 0 Å². The molecule has 0 unspecified atom stereocenters. The number of aromatic hydroxyl groups is 2. The van der Waals surface area contributed by atoms with Crippen molar-refractivity contribution >= 4 is 59.9 Å². The van der Waals surface area contributed by atoms with E-state index in [-0.39, 0.29) is 17.1 Å². The molecule has 0 heterocycles. The second-order valence-electron chi connectivity index (χ2n) is 4.17. The van der Waals surface area contributed by atoms with Gasteiger partial charge in [-0.2, -0.15) is 5.10 Å². The van der Waals surface area contributed by atoms with Crippen molar-refractivity contribution in [1.82, 2.24) is 5.43 Å². The molecule has 0 aliphatic carbocycles. The fraction of sp³-hybridized carbons (Fsp3) is 0. The predicted molar refractivity (Wildman–Crippen MR) is 94.4 cm³/mol. The highest BCUT2D eigenvalue weighted by Gasteiger charge is 2.12. The third kappa shape index (κ3) is 3.88. The molecule has 2 aromatic rings. The molecular weight excluding hydrogens is 484 g/mol. The number of amides is 1. The van der Waals surface area contributed by atoms with Crippen molar-refractivity contribution < 1.29 is 15.0 Å². The molecule has 5 nitrogen and oxygen atoms in total. The molecule has 0 aliphatic rings. The van der Waals surface area contributed by atoms with E-state index in [0.29, 0.717) is 19.0 Å². The monoisotopic (exact) mass is 490 g/mol. The highest BCUT2D eigenvalue weighted by atomic mass is 79.9. The van der Waals surface area contributed by atoms with Crippen LogP contribution in [0.15, 0.2) is 48.9 Å². The van der Waals surface area contributed by atoms with Crippen LogP contribution in [0, 0.1) is 0 Å². The van der Waals surface area contributed by atoms with Crippen molar-refractivity contribution in [2.45, 2.75) is 0 Å². The first-order chi connectivity index (χ1) is 10.4. The number of phenols is 2. The van der Waals surface area contributed by atoms with Crippen molar-refractivity contribution in [1.29, 1.82) is 0 Å². The highest BCUT2D eigenvalue weighted by Crippen LogP contribution is 2.38. The normalized spacial score (nSPS) is 10.9. The number of nitrogens with zero attached hydrogens (tertiary/aromatic N) is 1. The molecule has 2 rings (SSSR count). The van der Waals surface area contributed by atoms with Gasteiger partial charge in [0, 0.05) is 15.6 Å². The summed E-state index contributed by atoms with van der Waals surface area (Å²) in [4.78, 5) is 11.9. The maximum absolute atomic E-state index is 11.9. The second-order valence-corrected chi connectivity index (χ2v) is 6.67. The average Bonchev–Trinajstić information content (AvgIpc) is 2.48. The number of phenolic OH excluding ortho intramolecular Hbond substituents is 2. The van der Waals surface area contributed by atoms with E-state index in [0.717, 1.165) is 0 Å². The second kappa shape index (κ2) is 7.26. The number of benzene rings is 2. The molecule has 0 aliphatic heterocycles. The number of hydrogen-bond acceptors (Lipinski definition) is 4. The van der Waals surface area contributed by atoms with E-state index < -0.39 is 5.91 Å². The molecule has 114 valence electrons. The van der Waals surface area contributed by atoms with Crippen LogP contribution in [0.2, 0.25) is 0 Å². The Hall–Kier alpha value is -1.38. The van der Waals surface area contributed by atoms with Gasteiger partial charge in [0.25, 0.3) is 5.91 Å². The van der Waals surface area contributed by atoms with E-state index in [2.05, 4.69) is 58.3 Å². The molecular formula is C14H9Br3N2O3. The van der Waals surface area contributed by atoms with Gasteiger partial charge in [0.05, 0.1) is 15.2 Å². The van der Waals surface area contributed by atoms with E-state index in [1.165, 1.54) is 18.3 Å². The van der Waals surface area contributed by atoms with Gasteiger partial charge >= 0.3 is 0 Å². The molecule has 0 radical (unpaired) electrons. The number of carbonyl (C=O) groups excluding carboxylic acids is 1. The summed E-state index contributed by atoms with van der Waals surface area (Å²) in [5.41, 5.74) is 3.20. The number of hydrazone groups is 1. The van der Waals surface area contributed by atoms with Gasteiger partial charge in [0.2, 0.25) is 0 Å². The topological polar surface area (TPSA) is 81.9 Å². The Labute approximate surface area is 151 Å². The first-order valence-corrected chi connectivity index (χ1v) is 8.27. The zero-order chi connectivity index (χ0) is 16.3. The lowest BCUT2D eigenvalue weighted by molar-refractivity contribution is 0.0954. The summed E-state index contributed by atoms with van der Waals surface area (Å²) in [5, 5.41) is 23.0. The fourth-order valence-electron chi connectivity index (χ4n) is 1.58. The maximum atomic E-state index is 11.9. The lowest BCUT2D eigenvalue weighted by Gasteiger charge is -2.06. The zero-order valence-electron chi connectivity index (χ0n) is 10.8. The van der Waals surface area contributed by atoms with E-state index in [1.807, 2.05) is 0 Å². The molecule has 0 bridgehead atoms.